The van der Waals surface area contributed by atoms with Gasteiger partial charge < -0.3 is 30.2 Å². The maximum Gasteiger partial charge on any atom is 0.222 e. The van der Waals surface area contributed by atoms with E-state index in [1.54, 1.807) is 21.3 Å². The van der Waals surface area contributed by atoms with Gasteiger partial charge in [0.1, 0.15) is 5.82 Å². The summed E-state index contributed by atoms with van der Waals surface area (Å²) in [7, 11) is 5.08. The Morgan fingerprint density at radius 2 is 1.93 bits per heavy atom. The van der Waals surface area contributed by atoms with Crippen LogP contribution < -0.4 is 20.5 Å². The van der Waals surface area contributed by atoms with E-state index in [1.165, 1.54) is 25.9 Å². The Kier molecular flexibility index (Phi) is 7.48. The van der Waals surface area contributed by atoms with E-state index in [2.05, 4.69) is 20.2 Å². The van der Waals surface area contributed by atoms with Crippen molar-refractivity contribution in [2.75, 3.05) is 58.6 Å². The zero-order valence-electron chi connectivity index (χ0n) is 17.5. The predicted molar refractivity (Wildman–Crippen MR) is 114 cm³/mol. The summed E-state index contributed by atoms with van der Waals surface area (Å²) in [6.07, 6.45) is 3.59. The summed E-state index contributed by atoms with van der Waals surface area (Å²) in [5.41, 5.74) is 8.33. The number of benzene rings is 1. The second-order valence-corrected chi connectivity index (χ2v) is 7.05. The van der Waals surface area contributed by atoms with Crippen molar-refractivity contribution >= 4 is 11.8 Å². The van der Waals surface area contributed by atoms with E-state index in [-0.39, 0.29) is 5.95 Å². The molecule has 1 aromatic carbocycles. The van der Waals surface area contributed by atoms with Gasteiger partial charge in [-0.3, -0.25) is 0 Å². The van der Waals surface area contributed by atoms with Crippen molar-refractivity contribution in [3.63, 3.8) is 0 Å². The van der Waals surface area contributed by atoms with Crippen LogP contribution in [-0.2, 0) is 11.3 Å². The number of rotatable bonds is 10. The topological polar surface area (TPSA) is 94.8 Å². The lowest BCUT2D eigenvalue weighted by molar-refractivity contribution is 0.182. The van der Waals surface area contributed by atoms with Crippen molar-refractivity contribution in [3.8, 4) is 22.6 Å². The van der Waals surface area contributed by atoms with Crippen LogP contribution in [0.15, 0.2) is 18.2 Å². The molecule has 158 valence electrons. The van der Waals surface area contributed by atoms with Crippen molar-refractivity contribution in [1.29, 1.82) is 0 Å². The lowest BCUT2D eigenvalue weighted by atomic mass is 10.0. The fourth-order valence-electron chi connectivity index (χ4n) is 3.67. The van der Waals surface area contributed by atoms with Crippen LogP contribution in [0.25, 0.3) is 11.1 Å². The van der Waals surface area contributed by atoms with Gasteiger partial charge in [-0.1, -0.05) is 6.07 Å². The van der Waals surface area contributed by atoms with Crippen molar-refractivity contribution in [3.05, 3.63) is 23.9 Å². The van der Waals surface area contributed by atoms with Crippen LogP contribution >= 0.6 is 0 Å². The molecule has 8 nitrogen and oxygen atoms in total. The minimum absolute atomic E-state index is 0.206. The molecule has 1 aromatic heterocycles. The van der Waals surface area contributed by atoms with Gasteiger partial charge in [-0.05, 0) is 50.0 Å². The minimum atomic E-state index is 0.206. The second kappa shape index (κ2) is 10.3. The standard InChI is InChI=1S/C21H31N5O3/c1-23-20-19(16(14-27-2)24-21(22)25-20)15-7-8-17(28-3)18(13-15)29-12-6-11-26-9-4-5-10-26/h7-8,13H,4-6,9-12,14H2,1-3H3,(H3,22,23,24,25). The SMILES string of the molecule is CNc1nc(N)nc(COC)c1-c1ccc(OC)c(OCCCN2CCCC2)c1. The number of hydrogen-bond acceptors (Lipinski definition) is 8. The molecule has 3 rings (SSSR count). The Morgan fingerprint density at radius 1 is 1.14 bits per heavy atom. The molecule has 0 unspecified atom stereocenters. The van der Waals surface area contributed by atoms with Gasteiger partial charge in [0.15, 0.2) is 11.5 Å². The second-order valence-electron chi connectivity index (χ2n) is 7.05. The van der Waals surface area contributed by atoms with Crippen LogP contribution in [0.2, 0.25) is 0 Å². The highest BCUT2D eigenvalue weighted by Gasteiger charge is 2.17. The Balaban J connectivity index is 1.82. The molecule has 0 aliphatic carbocycles. The molecule has 0 atom stereocenters. The Bertz CT molecular complexity index is 809. The molecule has 29 heavy (non-hydrogen) atoms. The summed E-state index contributed by atoms with van der Waals surface area (Å²) < 4.78 is 16.9. The van der Waals surface area contributed by atoms with E-state index in [4.69, 9.17) is 19.9 Å². The summed E-state index contributed by atoms with van der Waals surface area (Å²) >= 11 is 0. The zero-order valence-corrected chi connectivity index (χ0v) is 17.5. The molecule has 8 heteroatoms. The fourth-order valence-corrected chi connectivity index (χ4v) is 3.67. The molecule has 1 fully saturated rings. The van der Waals surface area contributed by atoms with Crippen molar-refractivity contribution < 1.29 is 14.2 Å². The quantitative estimate of drug-likeness (QED) is 0.587. The molecule has 1 aliphatic rings. The van der Waals surface area contributed by atoms with Gasteiger partial charge in [0, 0.05) is 26.3 Å². The number of anilines is 2. The number of methoxy groups -OCH3 is 2. The molecule has 2 aromatic rings. The number of nitrogens with one attached hydrogen (secondary N) is 1. The summed E-state index contributed by atoms with van der Waals surface area (Å²) in [5.74, 6) is 2.26. The molecule has 2 heterocycles. The summed E-state index contributed by atoms with van der Waals surface area (Å²) in [6, 6.07) is 5.83. The van der Waals surface area contributed by atoms with Crippen LogP contribution in [0.4, 0.5) is 11.8 Å². The first-order valence-electron chi connectivity index (χ1n) is 10.0. The first kappa shape index (κ1) is 21.1. The Morgan fingerprint density at radius 3 is 2.62 bits per heavy atom. The van der Waals surface area contributed by atoms with Gasteiger partial charge in [0.2, 0.25) is 5.95 Å². The normalized spacial score (nSPS) is 14.2. The highest BCUT2D eigenvalue weighted by molar-refractivity contribution is 5.79. The van der Waals surface area contributed by atoms with Gasteiger partial charge in [-0.2, -0.15) is 4.98 Å². The molecule has 1 saturated heterocycles. The third-order valence-electron chi connectivity index (χ3n) is 5.05. The molecule has 0 bridgehead atoms. The van der Waals surface area contributed by atoms with Crippen LogP contribution in [0, 0.1) is 0 Å². The predicted octanol–water partition coefficient (Wildman–Crippen LogP) is 2.79. The highest BCUT2D eigenvalue weighted by atomic mass is 16.5. The molecular weight excluding hydrogens is 370 g/mol. The van der Waals surface area contributed by atoms with E-state index in [0.717, 1.165) is 29.8 Å². The zero-order chi connectivity index (χ0) is 20.6. The third-order valence-corrected chi connectivity index (χ3v) is 5.05. The maximum absolute atomic E-state index is 6.08. The van der Waals surface area contributed by atoms with Crippen LogP contribution in [0.1, 0.15) is 25.0 Å². The average Bonchev–Trinajstić information content (AvgIpc) is 3.24. The molecule has 0 radical (unpaired) electrons. The van der Waals surface area contributed by atoms with E-state index < -0.39 is 0 Å². The molecule has 3 N–H and O–H groups in total. The number of nitrogens with two attached hydrogens (primary N) is 1. The highest BCUT2D eigenvalue weighted by Crippen LogP contribution is 2.37. The van der Waals surface area contributed by atoms with Crippen molar-refractivity contribution in [1.82, 2.24) is 14.9 Å². The number of nitrogens with zero attached hydrogens (tertiary/aromatic N) is 3. The van der Waals surface area contributed by atoms with Crippen molar-refractivity contribution in [2.24, 2.45) is 0 Å². The number of aromatic nitrogens is 2. The van der Waals surface area contributed by atoms with Gasteiger partial charge in [0.25, 0.3) is 0 Å². The van der Waals surface area contributed by atoms with E-state index >= 15 is 0 Å². The summed E-state index contributed by atoms with van der Waals surface area (Å²) in [6.45, 7) is 4.43. The van der Waals surface area contributed by atoms with E-state index in [0.29, 0.717) is 30.5 Å². The minimum Gasteiger partial charge on any atom is -0.493 e. The number of hydrogen-bond donors (Lipinski definition) is 2. The monoisotopic (exact) mass is 401 g/mol. The summed E-state index contributed by atoms with van der Waals surface area (Å²) in [4.78, 5) is 11.2. The molecule has 0 amide bonds. The fraction of sp³-hybridized carbons (Fsp3) is 0.524. The lowest BCUT2D eigenvalue weighted by Crippen LogP contribution is -2.21. The van der Waals surface area contributed by atoms with Crippen molar-refractivity contribution in [2.45, 2.75) is 25.9 Å². The maximum atomic E-state index is 6.08. The number of ether oxygens (including phenoxy) is 3. The van der Waals surface area contributed by atoms with Crippen LogP contribution in [0.3, 0.4) is 0 Å². The third kappa shape index (κ3) is 5.27. The Hall–Kier alpha value is -2.58. The number of nitrogen functional groups attached to an aromatic ring is 1. The molecular formula is C21H31N5O3. The van der Waals surface area contributed by atoms with E-state index in [9.17, 15) is 0 Å². The van der Waals surface area contributed by atoms with Gasteiger partial charge in [0.05, 0.1) is 26.0 Å². The molecule has 0 spiro atoms. The molecule has 0 saturated carbocycles. The van der Waals surface area contributed by atoms with Gasteiger partial charge >= 0.3 is 0 Å². The first-order valence-corrected chi connectivity index (χ1v) is 10.0. The Labute approximate surface area is 172 Å². The first-order chi connectivity index (χ1) is 14.2. The average molecular weight is 402 g/mol. The van der Waals surface area contributed by atoms with Gasteiger partial charge in [-0.25, -0.2) is 4.98 Å². The molecule has 1 aliphatic heterocycles. The van der Waals surface area contributed by atoms with Gasteiger partial charge in [-0.15, -0.1) is 0 Å². The van der Waals surface area contributed by atoms with Crippen LogP contribution in [-0.4, -0.2) is 62.4 Å². The lowest BCUT2D eigenvalue weighted by Gasteiger charge is -2.17. The summed E-state index contributed by atoms with van der Waals surface area (Å²) in [5, 5.41) is 3.10. The van der Waals surface area contributed by atoms with Crippen LogP contribution in [0.5, 0.6) is 11.5 Å². The van der Waals surface area contributed by atoms with E-state index in [1.807, 2.05) is 18.2 Å². The number of likely N-dealkylation sites (tertiary alicyclic amines) is 1. The largest absolute Gasteiger partial charge is 0.493 e. The smallest absolute Gasteiger partial charge is 0.222 e.